The van der Waals surface area contributed by atoms with E-state index >= 15 is 0 Å². The van der Waals surface area contributed by atoms with Crippen LogP contribution < -0.4 is 0 Å². The predicted molar refractivity (Wildman–Crippen MR) is 263 cm³/mol. The second-order valence-corrected chi connectivity index (χ2v) is 16.5. The van der Waals surface area contributed by atoms with Crippen molar-refractivity contribution in [1.29, 1.82) is 0 Å². The Labute approximate surface area is 366 Å². The number of furan rings is 1. The molecule has 0 unspecified atom stereocenters. The lowest BCUT2D eigenvalue weighted by Crippen LogP contribution is -2.09. The third kappa shape index (κ3) is 4.90. The molecule has 5 aromatic heterocycles. The topological polar surface area (TPSA) is 53.7 Å². The fourth-order valence-electron chi connectivity index (χ4n) is 10.4. The van der Waals surface area contributed by atoms with Crippen molar-refractivity contribution in [3.8, 4) is 39.8 Å². The molecule has 14 aromatic rings. The van der Waals surface area contributed by atoms with Gasteiger partial charge in [-0.05, 0) is 54.1 Å². The summed E-state index contributed by atoms with van der Waals surface area (Å²) in [6.07, 6.45) is 0. The number of nitrogens with zero attached hydrogens (tertiary/aromatic N) is 5. The van der Waals surface area contributed by atoms with Crippen molar-refractivity contribution in [2.75, 3.05) is 0 Å². The van der Waals surface area contributed by atoms with E-state index in [1.807, 2.05) is 6.07 Å². The van der Waals surface area contributed by atoms with E-state index in [0.717, 1.165) is 99.7 Å². The van der Waals surface area contributed by atoms with Gasteiger partial charge < -0.3 is 8.98 Å². The maximum Gasteiger partial charge on any atom is 0.237 e. The van der Waals surface area contributed by atoms with Gasteiger partial charge in [0.1, 0.15) is 17.0 Å². The van der Waals surface area contributed by atoms with Crippen LogP contribution in [0, 0.1) is 0 Å². The Kier molecular flexibility index (Phi) is 7.30. The van der Waals surface area contributed by atoms with Gasteiger partial charge in [0.25, 0.3) is 0 Å². The Morgan fingerprint density at radius 2 is 0.750 bits per heavy atom. The normalized spacial score (nSPS) is 12.1. The van der Waals surface area contributed by atoms with Crippen molar-refractivity contribution in [2.45, 2.75) is 0 Å². The molecule has 14 rings (SSSR count). The van der Waals surface area contributed by atoms with Gasteiger partial charge in [-0.15, -0.1) is 0 Å². The highest BCUT2D eigenvalue weighted by atomic mass is 16.3. The predicted octanol–water partition coefficient (Wildman–Crippen LogP) is 15.0. The Bertz CT molecular complexity index is 3930. The first-order valence-electron chi connectivity index (χ1n) is 21.7. The number of hydrogen-bond donors (Lipinski definition) is 0. The zero-order valence-electron chi connectivity index (χ0n) is 34.4. The van der Waals surface area contributed by atoms with Crippen LogP contribution >= 0.6 is 0 Å². The molecule has 0 spiro atoms. The van der Waals surface area contributed by atoms with Crippen molar-refractivity contribution >= 4 is 87.4 Å². The summed E-state index contributed by atoms with van der Waals surface area (Å²) in [7, 11) is 0. The summed E-state index contributed by atoms with van der Waals surface area (Å²) < 4.78 is 13.7. The number of rotatable bonds is 5. The molecule has 0 saturated heterocycles. The molecule has 0 amide bonds. The molecular weight excluding hydrogens is 783 g/mol. The van der Waals surface area contributed by atoms with Gasteiger partial charge in [-0.25, -0.2) is 4.98 Å². The van der Waals surface area contributed by atoms with Crippen LogP contribution in [0.2, 0.25) is 0 Å². The Morgan fingerprint density at radius 1 is 0.328 bits per heavy atom. The zero-order valence-corrected chi connectivity index (χ0v) is 34.4. The van der Waals surface area contributed by atoms with Gasteiger partial charge in [-0.1, -0.05) is 158 Å². The fraction of sp³-hybridized carbons (Fsp3) is 0. The molecule has 0 aliphatic carbocycles. The number of para-hydroxylation sites is 8. The summed E-state index contributed by atoms with van der Waals surface area (Å²) in [6, 6.07) is 75.3. The first-order valence-corrected chi connectivity index (χ1v) is 21.7. The Hall–Kier alpha value is -8.74. The molecular formula is C58H35N5O. The Balaban J connectivity index is 1.17. The van der Waals surface area contributed by atoms with E-state index < -0.39 is 0 Å². The lowest BCUT2D eigenvalue weighted by molar-refractivity contribution is 0.670. The van der Waals surface area contributed by atoms with E-state index in [0.29, 0.717) is 5.95 Å². The van der Waals surface area contributed by atoms with Gasteiger partial charge in [-0.2, -0.15) is 4.98 Å². The fourth-order valence-corrected chi connectivity index (χ4v) is 10.4. The SMILES string of the molecule is c1cc(-c2cccc3c2oc2ccccc23)c(-c2cc(-n3c4ccccc4c4ccccc43)nc(-n3c4ccccc4c4ccccc43)n2)c(-n2c3ccccc3c3ccccc32)c1. The highest BCUT2D eigenvalue weighted by Crippen LogP contribution is 2.45. The lowest BCUT2D eigenvalue weighted by Gasteiger charge is -2.20. The van der Waals surface area contributed by atoms with Crippen molar-refractivity contribution in [2.24, 2.45) is 0 Å². The van der Waals surface area contributed by atoms with E-state index in [9.17, 15) is 0 Å². The summed E-state index contributed by atoms with van der Waals surface area (Å²) in [5.41, 5.74) is 12.9. The minimum atomic E-state index is 0.580. The second-order valence-electron chi connectivity index (χ2n) is 16.5. The molecule has 0 N–H and O–H groups in total. The summed E-state index contributed by atoms with van der Waals surface area (Å²) in [5, 5.41) is 9.16. The molecule has 0 aliphatic rings. The zero-order chi connectivity index (χ0) is 41.9. The maximum absolute atomic E-state index is 6.81. The van der Waals surface area contributed by atoms with Crippen molar-refractivity contribution in [3.63, 3.8) is 0 Å². The van der Waals surface area contributed by atoms with E-state index in [-0.39, 0.29) is 0 Å². The second kappa shape index (κ2) is 13.4. The molecule has 5 heterocycles. The molecule has 6 nitrogen and oxygen atoms in total. The lowest BCUT2D eigenvalue weighted by atomic mass is 9.94. The van der Waals surface area contributed by atoms with E-state index in [2.05, 4.69) is 220 Å². The Morgan fingerprint density at radius 3 is 1.30 bits per heavy atom. The number of aromatic nitrogens is 5. The first-order chi connectivity index (χ1) is 31.8. The van der Waals surface area contributed by atoms with Crippen LogP contribution in [0.25, 0.3) is 127 Å². The van der Waals surface area contributed by atoms with Crippen LogP contribution in [-0.4, -0.2) is 23.7 Å². The smallest absolute Gasteiger partial charge is 0.237 e. The molecule has 9 aromatic carbocycles. The number of benzene rings is 9. The third-order valence-electron chi connectivity index (χ3n) is 13.1. The molecule has 0 saturated carbocycles. The van der Waals surface area contributed by atoms with Gasteiger partial charge in [-0.3, -0.25) is 9.13 Å². The molecule has 0 fully saturated rings. The van der Waals surface area contributed by atoms with Crippen LogP contribution in [0.5, 0.6) is 0 Å². The summed E-state index contributed by atoms with van der Waals surface area (Å²) >= 11 is 0. The standard InChI is InChI=1S/C58H35N5O/c1-8-27-47-36(17-1)37-18-2-9-28-48(37)61(47)53-33-16-24-43(45-26-15-25-44-42-23-7-14-34-54(42)64-57(44)45)56(53)46-35-55(62-49-29-10-3-19-38(49)39-20-4-11-30-50(39)62)60-58(59-46)63-51-31-12-5-21-40(51)41-22-6-13-32-52(41)63/h1-35H. The van der Waals surface area contributed by atoms with Gasteiger partial charge in [0.15, 0.2) is 0 Å². The van der Waals surface area contributed by atoms with E-state index in [4.69, 9.17) is 14.4 Å². The van der Waals surface area contributed by atoms with Gasteiger partial charge in [0.2, 0.25) is 5.95 Å². The van der Waals surface area contributed by atoms with Crippen molar-refractivity contribution in [3.05, 3.63) is 212 Å². The molecule has 0 aliphatic heterocycles. The molecule has 0 atom stereocenters. The first kappa shape index (κ1) is 34.9. The van der Waals surface area contributed by atoms with E-state index in [1.54, 1.807) is 0 Å². The minimum Gasteiger partial charge on any atom is -0.455 e. The van der Waals surface area contributed by atoms with Gasteiger partial charge in [0, 0.05) is 60.3 Å². The number of hydrogen-bond acceptors (Lipinski definition) is 3. The minimum absolute atomic E-state index is 0.580. The average molecular weight is 818 g/mol. The molecule has 0 bridgehead atoms. The van der Waals surface area contributed by atoms with E-state index in [1.165, 1.54) is 21.5 Å². The van der Waals surface area contributed by atoms with Gasteiger partial charge in [0.05, 0.1) is 44.5 Å². The van der Waals surface area contributed by atoms with Crippen molar-refractivity contribution in [1.82, 2.24) is 23.7 Å². The maximum atomic E-state index is 6.81. The highest BCUT2D eigenvalue weighted by Gasteiger charge is 2.25. The van der Waals surface area contributed by atoms with Crippen LogP contribution in [0.15, 0.2) is 217 Å². The third-order valence-corrected chi connectivity index (χ3v) is 13.1. The molecule has 0 radical (unpaired) electrons. The van der Waals surface area contributed by atoms with Crippen LogP contribution in [-0.2, 0) is 0 Å². The molecule has 6 heteroatoms. The summed E-state index contributed by atoms with van der Waals surface area (Å²) in [6.45, 7) is 0. The van der Waals surface area contributed by atoms with Crippen molar-refractivity contribution < 1.29 is 4.42 Å². The number of fused-ring (bicyclic) bond motifs is 12. The van der Waals surface area contributed by atoms with Crippen LogP contribution in [0.1, 0.15) is 0 Å². The molecule has 64 heavy (non-hydrogen) atoms. The van der Waals surface area contributed by atoms with Crippen LogP contribution in [0.3, 0.4) is 0 Å². The highest BCUT2D eigenvalue weighted by molar-refractivity contribution is 6.14. The van der Waals surface area contributed by atoms with Gasteiger partial charge >= 0.3 is 0 Å². The summed E-state index contributed by atoms with van der Waals surface area (Å²) in [4.78, 5) is 11.4. The summed E-state index contributed by atoms with van der Waals surface area (Å²) in [5.74, 6) is 1.35. The molecule has 298 valence electrons. The average Bonchev–Trinajstić information content (AvgIpc) is 4.10. The monoisotopic (exact) mass is 817 g/mol. The largest absolute Gasteiger partial charge is 0.455 e. The van der Waals surface area contributed by atoms with Crippen LogP contribution in [0.4, 0.5) is 0 Å². The quantitative estimate of drug-likeness (QED) is 0.174.